The first-order valence-corrected chi connectivity index (χ1v) is 20.1. The molecule has 0 bridgehead atoms. The first-order valence-electron chi connectivity index (χ1n) is 18.8. The van der Waals surface area contributed by atoms with Crippen molar-refractivity contribution in [2.45, 2.75) is 75.0 Å². The van der Waals surface area contributed by atoms with Crippen molar-refractivity contribution in [3.05, 3.63) is 76.2 Å². The van der Waals surface area contributed by atoms with E-state index in [-0.39, 0.29) is 10.8 Å². The van der Waals surface area contributed by atoms with Crippen LogP contribution in [-0.4, -0.2) is 98.7 Å². The summed E-state index contributed by atoms with van der Waals surface area (Å²) in [4.78, 5) is 10.3. The molecular formula is C40H56N4O4S2. The van der Waals surface area contributed by atoms with Gasteiger partial charge in [0.25, 0.3) is 0 Å². The Bertz CT molecular complexity index is 1410. The molecule has 3 aromatic rings. The van der Waals surface area contributed by atoms with E-state index in [1.807, 2.05) is 18.3 Å². The zero-order chi connectivity index (χ0) is 34.5. The molecule has 2 aromatic carbocycles. The number of aromatic nitrogens is 1. The second-order valence-corrected chi connectivity index (χ2v) is 15.5. The first kappa shape index (κ1) is 37.2. The van der Waals surface area contributed by atoms with Gasteiger partial charge in [-0.3, -0.25) is 0 Å². The number of hydrogen-bond donors (Lipinski definition) is 1. The number of hydrogen-bond acceptors (Lipinski definition) is 9. The number of thiocarbonyl (C=S) groups is 1. The van der Waals surface area contributed by atoms with E-state index in [2.05, 4.69) is 56.6 Å². The van der Waals surface area contributed by atoms with Gasteiger partial charge in [0.05, 0.1) is 23.6 Å². The van der Waals surface area contributed by atoms with E-state index in [1.54, 1.807) is 11.3 Å². The molecule has 4 aliphatic heterocycles. The van der Waals surface area contributed by atoms with Crippen LogP contribution in [0.4, 0.5) is 0 Å². The molecule has 4 saturated heterocycles. The van der Waals surface area contributed by atoms with Gasteiger partial charge in [-0.05, 0) is 126 Å². The lowest BCUT2D eigenvalue weighted by Crippen LogP contribution is -2.44. The molecule has 4 aliphatic rings. The fourth-order valence-corrected chi connectivity index (χ4v) is 9.15. The van der Waals surface area contributed by atoms with E-state index >= 15 is 0 Å². The van der Waals surface area contributed by atoms with E-state index in [1.165, 1.54) is 68.0 Å². The monoisotopic (exact) mass is 720 g/mol. The van der Waals surface area contributed by atoms with Crippen LogP contribution in [0, 0.1) is 0 Å². The lowest BCUT2D eigenvalue weighted by atomic mass is 9.74. The molecule has 0 spiro atoms. The zero-order valence-corrected chi connectivity index (χ0v) is 31.3. The van der Waals surface area contributed by atoms with E-state index in [0.717, 1.165) is 89.5 Å². The predicted molar refractivity (Wildman–Crippen MR) is 206 cm³/mol. The van der Waals surface area contributed by atoms with E-state index in [0.29, 0.717) is 18.2 Å². The maximum absolute atomic E-state index is 6.07. The Labute approximate surface area is 308 Å². The van der Waals surface area contributed by atoms with Crippen LogP contribution in [0.25, 0.3) is 0 Å². The van der Waals surface area contributed by atoms with E-state index in [4.69, 9.17) is 36.9 Å². The van der Waals surface area contributed by atoms with Crippen molar-refractivity contribution in [2.75, 3.05) is 78.9 Å². The number of benzene rings is 2. The highest BCUT2D eigenvalue weighted by atomic mass is 32.1. The summed E-state index contributed by atoms with van der Waals surface area (Å²) < 4.78 is 23.0. The Kier molecular flexibility index (Phi) is 13.9. The minimum absolute atomic E-state index is 0.000694. The summed E-state index contributed by atoms with van der Waals surface area (Å²) in [5.74, 6) is 1.89. The van der Waals surface area contributed by atoms with Gasteiger partial charge in [0.2, 0.25) is 0 Å². The summed E-state index contributed by atoms with van der Waals surface area (Å²) in [6.07, 6.45) is 13.2. The minimum Gasteiger partial charge on any atom is -0.494 e. The molecule has 0 atom stereocenters. The molecule has 0 aliphatic carbocycles. The van der Waals surface area contributed by atoms with Gasteiger partial charge >= 0.3 is 0 Å². The van der Waals surface area contributed by atoms with Gasteiger partial charge in [0, 0.05) is 56.5 Å². The quantitative estimate of drug-likeness (QED) is 0.140. The average Bonchev–Trinajstić information content (AvgIpc) is 3.99. The van der Waals surface area contributed by atoms with Gasteiger partial charge < -0.3 is 34.5 Å². The smallest absolute Gasteiger partial charge is 0.119 e. The summed E-state index contributed by atoms with van der Waals surface area (Å²) in [6, 6.07) is 17.0. The molecule has 0 unspecified atom stereocenters. The maximum atomic E-state index is 6.07. The molecule has 5 heterocycles. The Morgan fingerprint density at radius 3 is 1.66 bits per heavy atom. The lowest BCUT2D eigenvalue weighted by Gasteiger charge is -2.36. The third-order valence-corrected chi connectivity index (χ3v) is 12.4. The van der Waals surface area contributed by atoms with Crippen LogP contribution in [0.3, 0.4) is 0 Å². The largest absolute Gasteiger partial charge is 0.494 e. The van der Waals surface area contributed by atoms with Gasteiger partial charge in [-0.25, -0.2) is 4.98 Å². The maximum Gasteiger partial charge on any atom is 0.119 e. The lowest BCUT2D eigenvalue weighted by molar-refractivity contribution is 0.0630. The van der Waals surface area contributed by atoms with Crippen LogP contribution in [0.1, 0.15) is 80.3 Å². The summed E-state index contributed by atoms with van der Waals surface area (Å²) in [6.45, 7) is 11.9. The molecule has 10 heteroatoms. The molecule has 0 saturated carbocycles. The van der Waals surface area contributed by atoms with Crippen molar-refractivity contribution in [3.63, 3.8) is 0 Å². The van der Waals surface area contributed by atoms with Gasteiger partial charge in [-0.2, -0.15) is 0 Å². The van der Waals surface area contributed by atoms with Crippen molar-refractivity contribution in [2.24, 2.45) is 5.73 Å². The van der Waals surface area contributed by atoms with Crippen LogP contribution in [0.2, 0.25) is 0 Å². The second kappa shape index (κ2) is 18.8. The summed E-state index contributed by atoms with van der Waals surface area (Å²) in [7, 11) is 0. The SMILES string of the molecule is NC(=S)C1(c2ccc(OCCCN3CCCC3)cc2)CCOCC1.c1csc(C2(c3ccc(OCCCN4CCCC4)cc3)CCOCC2)n1. The van der Waals surface area contributed by atoms with Crippen molar-refractivity contribution in [3.8, 4) is 11.5 Å². The van der Waals surface area contributed by atoms with Crippen LogP contribution in [0.15, 0.2) is 60.1 Å². The number of ether oxygens (including phenoxy) is 4. The molecule has 0 amide bonds. The van der Waals surface area contributed by atoms with Gasteiger partial charge in [-0.1, -0.05) is 36.5 Å². The van der Waals surface area contributed by atoms with Crippen LogP contribution < -0.4 is 15.2 Å². The van der Waals surface area contributed by atoms with Gasteiger partial charge in [-0.15, -0.1) is 11.3 Å². The molecule has 8 nitrogen and oxygen atoms in total. The summed E-state index contributed by atoms with van der Waals surface area (Å²) in [5.41, 5.74) is 8.37. The van der Waals surface area contributed by atoms with Gasteiger partial charge in [0.1, 0.15) is 16.5 Å². The predicted octanol–water partition coefficient (Wildman–Crippen LogP) is 6.99. The summed E-state index contributed by atoms with van der Waals surface area (Å²) >= 11 is 7.12. The molecular weight excluding hydrogens is 665 g/mol. The topological polar surface area (TPSA) is 82.3 Å². The van der Waals surface area contributed by atoms with E-state index < -0.39 is 0 Å². The second-order valence-electron chi connectivity index (χ2n) is 14.1. The Balaban J connectivity index is 0.000000174. The zero-order valence-electron chi connectivity index (χ0n) is 29.7. The van der Waals surface area contributed by atoms with Crippen molar-refractivity contribution >= 4 is 28.5 Å². The normalized spacial score (nSPS) is 20.6. The number of thiazole rings is 1. The number of nitrogens with two attached hydrogens (primary N) is 1. The third-order valence-electron chi connectivity index (χ3n) is 11.0. The Morgan fingerprint density at radius 2 is 1.20 bits per heavy atom. The molecule has 0 radical (unpaired) electrons. The number of likely N-dealkylation sites (tertiary alicyclic amines) is 2. The van der Waals surface area contributed by atoms with Crippen LogP contribution >= 0.6 is 23.6 Å². The van der Waals surface area contributed by atoms with Crippen LogP contribution in [-0.2, 0) is 20.3 Å². The van der Waals surface area contributed by atoms with Crippen LogP contribution in [0.5, 0.6) is 11.5 Å². The minimum atomic E-state index is -0.220. The molecule has 272 valence electrons. The fraction of sp³-hybridized carbons (Fsp3) is 0.600. The van der Waals surface area contributed by atoms with Crippen molar-refractivity contribution in [1.82, 2.24) is 14.8 Å². The number of nitrogens with zero attached hydrogens (tertiary/aromatic N) is 3. The Hall–Kier alpha value is -2.60. The standard InChI is InChI=1S/C21H28N2O2S.C19H28N2O2S/c1-2-12-23(11-1)13-3-14-25-19-6-4-18(5-7-19)21(8-15-24-16-9-21)20-22-10-17-26-20;20-18(24)19(8-14-22-15-9-19)16-4-6-17(7-5-16)23-13-3-12-21-10-1-2-11-21/h4-7,10,17H,1-3,8-9,11-16H2;4-7H,1-3,8-15H2,(H2,20,24). The fourth-order valence-electron chi connectivity index (χ4n) is 7.91. The highest BCUT2D eigenvalue weighted by Gasteiger charge is 2.39. The molecule has 1 aromatic heterocycles. The summed E-state index contributed by atoms with van der Waals surface area (Å²) in [5, 5.41) is 3.28. The average molecular weight is 721 g/mol. The first-order chi connectivity index (χ1) is 24.6. The molecule has 2 N–H and O–H groups in total. The van der Waals surface area contributed by atoms with E-state index in [9.17, 15) is 0 Å². The third kappa shape index (κ3) is 9.63. The highest BCUT2D eigenvalue weighted by Crippen LogP contribution is 2.42. The number of rotatable bonds is 14. The molecule has 7 rings (SSSR count). The molecule has 4 fully saturated rings. The van der Waals surface area contributed by atoms with Crippen molar-refractivity contribution in [1.29, 1.82) is 0 Å². The highest BCUT2D eigenvalue weighted by molar-refractivity contribution is 7.80. The van der Waals surface area contributed by atoms with Crippen molar-refractivity contribution < 1.29 is 18.9 Å². The van der Waals surface area contributed by atoms with Gasteiger partial charge in [0.15, 0.2) is 0 Å². The Morgan fingerprint density at radius 1 is 0.720 bits per heavy atom. The molecule has 50 heavy (non-hydrogen) atoms.